The van der Waals surface area contributed by atoms with Crippen LogP contribution in [0.3, 0.4) is 0 Å². The molecule has 0 saturated carbocycles. The van der Waals surface area contributed by atoms with Gasteiger partial charge in [0.05, 0.1) is 0 Å². The molecule has 0 bridgehead atoms. The standard InChI is InChI=1S/C16H16BrF2NO/c1-10(20-2)15-4-3-14(8-16(15)19)21-9-11-5-12(17)7-13(18)6-11/h3-8,10,20H,9H2,1-2H3. The van der Waals surface area contributed by atoms with Gasteiger partial charge in [-0.1, -0.05) is 22.0 Å². The third-order valence-electron chi connectivity index (χ3n) is 3.20. The van der Waals surface area contributed by atoms with Crippen LogP contribution in [0.5, 0.6) is 5.75 Å². The summed E-state index contributed by atoms with van der Waals surface area (Å²) in [6, 6.07) is 9.19. The quantitative estimate of drug-likeness (QED) is 0.846. The highest BCUT2D eigenvalue weighted by atomic mass is 79.9. The van der Waals surface area contributed by atoms with Crippen molar-refractivity contribution in [2.75, 3.05) is 7.05 Å². The molecule has 0 spiro atoms. The number of halogens is 3. The number of benzene rings is 2. The molecule has 1 N–H and O–H groups in total. The van der Waals surface area contributed by atoms with Gasteiger partial charge in [-0.25, -0.2) is 8.78 Å². The summed E-state index contributed by atoms with van der Waals surface area (Å²) in [5.74, 6) is -0.248. The van der Waals surface area contributed by atoms with E-state index in [0.29, 0.717) is 21.3 Å². The lowest BCUT2D eigenvalue weighted by Gasteiger charge is -2.13. The number of hydrogen-bond acceptors (Lipinski definition) is 2. The molecule has 0 fully saturated rings. The molecule has 21 heavy (non-hydrogen) atoms. The molecule has 0 aliphatic rings. The minimum Gasteiger partial charge on any atom is -0.489 e. The second kappa shape index (κ2) is 7.00. The van der Waals surface area contributed by atoms with Crippen LogP contribution in [0.25, 0.3) is 0 Å². The van der Waals surface area contributed by atoms with E-state index in [-0.39, 0.29) is 24.3 Å². The third kappa shape index (κ3) is 4.25. The van der Waals surface area contributed by atoms with Crippen molar-refractivity contribution < 1.29 is 13.5 Å². The highest BCUT2D eigenvalue weighted by Crippen LogP contribution is 2.23. The van der Waals surface area contributed by atoms with Crippen molar-refractivity contribution in [2.45, 2.75) is 19.6 Å². The van der Waals surface area contributed by atoms with Gasteiger partial charge < -0.3 is 10.1 Å². The Morgan fingerprint density at radius 3 is 2.57 bits per heavy atom. The first-order valence-corrected chi connectivity index (χ1v) is 7.33. The fourth-order valence-corrected chi connectivity index (χ4v) is 2.48. The summed E-state index contributed by atoms with van der Waals surface area (Å²) in [5.41, 5.74) is 1.26. The van der Waals surface area contributed by atoms with Gasteiger partial charge in [0.25, 0.3) is 0 Å². The van der Waals surface area contributed by atoms with Gasteiger partial charge >= 0.3 is 0 Å². The van der Waals surface area contributed by atoms with Gasteiger partial charge in [-0.2, -0.15) is 0 Å². The van der Waals surface area contributed by atoms with Crippen LogP contribution in [-0.2, 0) is 6.61 Å². The molecule has 2 nitrogen and oxygen atoms in total. The second-order valence-corrected chi connectivity index (χ2v) is 5.68. The van der Waals surface area contributed by atoms with Gasteiger partial charge in [-0.15, -0.1) is 0 Å². The minimum absolute atomic E-state index is 0.0711. The SMILES string of the molecule is CNC(C)c1ccc(OCc2cc(F)cc(Br)c2)cc1F. The van der Waals surface area contributed by atoms with Crippen LogP contribution in [0, 0.1) is 11.6 Å². The minimum atomic E-state index is -0.340. The molecule has 0 amide bonds. The monoisotopic (exact) mass is 355 g/mol. The maximum Gasteiger partial charge on any atom is 0.131 e. The van der Waals surface area contributed by atoms with E-state index >= 15 is 0 Å². The van der Waals surface area contributed by atoms with Gasteiger partial charge in [0.1, 0.15) is 24.0 Å². The number of rotatable bonds is 5. The van der Waals surface area contributed by atoms with Crippen LogP contribution >= 0.6 is 15.9 Å². The molecule has 1 unspecified atom stereocenters. The number of nitrogens with one attached hydrogen (secondary N) is 1. The van der Waals surface area contributed by atoms with Crippen LogP contribution in [-0.4, -0.2) is 7.05 Å². The van der Waals surface area contributed by atoms with E-state index in [1.54, 1.807) is 25.2 Å². The Labute approximate surface area is 131 Å². The Morgan fingerprint density at radius 1 is 1.19 bits per heavy atom. The van der Waals surface area contributed by atoms with Crippen molar-refractivity contribution in [2.24, 2.45) is 0 Å². The van der Waals surface area contributed by atoms with Crippen molar-refractivity contribution in [3.8, 4) is 5.75 Å². The van der Waals surface area contributed by atoms with E-state index in [4.69, 9.17) is 4.74 Å². The predicted octanol–water partition coefficient (Wildman–Crippen LogP) is 4.59. The Hall–Kier alpha value is -1.46. The van der Waals surface area contributed by atoms with E-state index in [2.05, 4.69) is 21.2 Å². The molecule has 0 heterocycles. The summed E-state index contributed by atoms with van der Waals surface area (Å²) in [6.07, 6.45) is 0. The van der Waals surface area contributed by atoms with E-state index in [9.17, 15) is 8.78 Å². The Balaban J connectivity index is 2.08. The number of hydrogen-bond donors (Lipinski definition) is 1. The number of ether oxygens (including phenoxy) is 1. The van der Waals surface area contributed by atoms with Crippen molar-refractivity contribution in [3.63, 3.8) is 0 Å². The van der Waals surface area contributed by atoms with Crippen LogP contribution < -0.4 is 10.1 Å². The Morgan fingerprint density at radius 2 is 1.95 bits per heavy atom. The van der Waals surface area contributed by atoms with Crippen molar-refractivity contribution >= 4 is 15.9 Å². The van der Waals surface area contributed by atoms with Gasteiger partial charge in [0.2, 0.25) is 0 Å². The Bertz CT molecular complexity index is 613. The molecule has 1 atom stereocenters. The molecule has 0 saturated heterocycles. The second-order valence-electron chi connectivity index (χ2n) is 4.76. The third-order valence-corrected chi connectivity index (χ3v) is 3.66. The maximum absolute atomic E-state index is 14.0. The van der Waals surface area contributed by atoms with Crippen molar-refractivity contribution in [1.29, 1.82) is 0 Å². The van der Waals surface area contributed by atoms with E-state index in [1.165, 1.54) is 18.2 Å². The highest BCUT2D eigenvalue weighted by Gasteiger charge is 2.10. The normalized spacial score (nSPS) is 12.2. The largest absolute Gasteiger partial charge is 0.489 e. The summed E-state index contributed by atoms with van der Waals surface area (Å²) in [5, 5.41) is 2.98. The summed E-state index contributed by atoms with van der Waals surface area (Å²) in [4.78, 5) is 0. The van der Waals surface area contributed by atoms with E-state index in [1.807, 2.05) is 6.92 Å². The molecular formula is C16H16BrF2NO. The zero-order valence-corrected chi connectivity index (χ0v) is 13.4. The van der Waals surface area contributed by atoms with E-state index < -0.39 is 0 Å². The molecule has 0 aromatic heterocycles. The van der Waals surface area contributed by atoms with Crippen LogP contribution in [0.15, 0.2) is 40.9 Å². The van der Waals surface area contributed by atoms with Gasteiger partial charge in [0.15, 0.2) is 0 Å². The van der Waals surface area contributed by atoms with Crippen LogP contribution in [0.2, 0.25) is 0 Å². The summed E-state index contributed by atoms with van der Waals surface area (Å²) < 4.78 is 33.3. The fourth-order valence-electron chi connectivity index (χ4n) is 1.97. The van der Waals surface area contributed by atoms with Crippen LogP contribution in [0.4, 0.5) is 8.78 Å². The molecule has 2 aromatic carbocycles. The van der Waals surface area contributed by atoms with Gasteiger partial charge in [0, 0.05) is 22.1 Å². The Kier molecular flexibility index (Phi) is 5.31. The topological polar surface area (TPSA) is 21.3 Å². The molecule has 0 aliphatic heterocycles. The summed E-state index contributed by atoms with van der Waals surface area (Å²) >= 11 is 3.22. The first kappa shape index (κ1) is 15.9. The smallest absolute Gasteiger partial charge is 0.131 e. The molecule has 112 valence electrons. The molecular weight excluding hydrogens is 340 g/mol. The van der Waals surface area contributed by atoms with Crippen molar-refractivity contribution in [3.05, 3.63) is 63.6 Å². The molecule has 0 aliphatic carbocycles. The maximum atomic E-state index is 14.0. The van der Waals surface area contributed by atoms with Gasteiger partial charge in [-0.3, -0.25) is 0 Å². The average molecular weight is 356 g/mol. The first-order chi connectivity index (χ1) is 9.99. The summed E-state index contributed by atoms with van der Waals surface area (Å²) in [7, 11) is 1.77. The molecule has 5 heteroatoms. The van der Waals surface area contributed by atoms with Crippen LogP contribution in [0.1, 0.15) is 24.1 Å². The molecule has 2 rings (SSSR count). The zero-order valence-electron chi connectivity index (χ0n) is 11.8. The fraction of sp³-hybridized carbons (Fsp3) is 0.250. The first-order valence-electron chi connectivity index (χ1n) is 6.54. The van der Waals surface area contributed by atoms with Crippen molar-refractivity contribution in [1.82, 2.24) is 5.32 Å². The lowest BCUT2D eigenvalue weighted by Crippen LogP contribution is -2.13. The lowest BCUT2D eigenvalue weighted by atomic mass is 10.1. The predicted molar refractivity (Wildman–Crippen MR) is 82.3 cm³/mol. The molecule has 2 aromatic rings. The average Bonchev–Trinajstić information content (AvgIpc) is 2.43. The van der Waals surface area contributed by atoms with E-state index in [0.717, 1.165) is 0 Å². The highest BCUT2D eigenvalue weighted by molar-refractivity contribution is 9.10. The van der Waals surface area contributed by atoms with Gasteiger partial charge in [-0.05, 0) is 43.8 Å². The summed E-state index contributed by atoms with van der Waals surface area (Å²) in [6.45, 7) is 2.06. The molecule has 0 radical (unpaired) electrons. The zero-order chi connectivity index (χ0) is 15.4. The lowest BCUT2D eigenvalue weighted by molar-refractivity contribution is 0.303.